The van der Waals surface area contributed by atoms with Gasteiger partial charge in [-0.05, 0) is 37.6 Å². The first kappa shape index (κ1) is 11.4. The lowest BCUT2D eigenvalue weighted by Gasteiger charge is -2.30. The summed E-state index contributed by atoms with van der Waals surface area (Å²) in [4.78, 5) is 0. The van der Waals surface area contributed by atoms with E-state index in [-0.39, 0.29) is 0 Å². The van der Waals surface area contributed by atoms with E-state index < -0.39 is 0 Å². The maximum Gasteiger partial charge on any atom is 0.00671 e. The first-order chi connectivity index (χ1) is 7.34. The maximum atomic E-state index is 3.71. The molecule has 88 valence electrons. The molecule has 0 aromatic heterocycles. The lowest BCUT2D eigenvalue weighted by atomic mass is 9.83. The van der Waals surface area contributed by atoms with E-state index in [2.05, 4.69) is 12.2 Å². The molecular formula is C14H27N. The molecule has 0 radical (unpaired) electrons. The van der Waals surface area contributed by atoms with Crippen LogP contribution in [0.4, 0.5) is 0 Å². The molecule has 1 unspecified atom stereocenters. The Hall–Kier alpha value is -0.0400. The van der Waals surface area contributed by atoms with E-state index >= 15 is 0 Å². The van der Waals surface area contributed by atoms with Crippen LogP contribution in [0.1, 0.15) is 64.7 Å². The average Bonchev–Trinajstić information content (AvgIpc) is 2.17. The zero-order valence-electron chi connectivity index (χ0n) is 10.3. The number of hydrogen-bond acceptors (Lipinski definition) is 1. The second-order valence-corrected chi connectivity index (χ2v) is 5.88. The highest BCUT2D eigenvalue weighted by Gasteiger charge is 2.19. The second kappa shape index (κ2) is 5.89. The van der Waals surface area contributed by atoms with E-state index in [0.29, 0.717) is 0 Å². The molecule has 1 nitrogen and oxygen atoms in total. The van der Waals surface area contributed by atoms with E-state index in [0.717, 1.165) is 17.9 Å². The van der Waals surface area contributed by atoms with Gasteiger partial charge in [-0.15, -0.1) is 0 Å². The van der Waals surface area contributed by atoms with E-state index in [1.807, 2.05) is 0 Å². The van der Waals surface area contributed by atoms with Crippen molar-refractivity contribution >= 4 is 0 Å². The van der Waals surface area contributed by atoms with Crippen LogP contribution in [0, 0.1) is 11.8 Å². The highest BCUT2D eigenvalue weighted by molar-refractivity contribution is 4.78. The molecule has 0 aromatic carbocycles. The summed E-state index contributed by atoms with van der Waals surface area (Å²) in [5, 5.41) is 3.71. The fraction of sp³-hybridized carbons (Fsp3) is 1.00. The van der Waals surface area contributed by atoms with Gasteiger partial charge in [-0.2, -0.15) is 0 Å². The third-order valence-electron chi connectivity index (χ3n) is 4.32. The molecule has 0 saturated heterocycles. The Morgan fingerprint density at radius 1 is 1.00 bits per heavy atom. The van der Waals surface area contributed by atoms with Crippen molar-refractivity contribution < 1.29 is 0 Å². The van der Waals surface area contributed by atoms with Crippen molar-refractivity contribution in [1.29, 1.82) is 0 Å². The Bertz CT molecular complexity index is 168. The van der Waals surface area contributed by atoms with Gasteiger partial charge >= 0.3 is 0 Å². The van der Waals surface area contributed by atoms with E-state index in [1.54, 1.807) is 0 Å². The van der Waals surface area contributed by atoms with Gasteiger partial charge in [-0.25, -0.2) is 0 Å². The van der Waals surface area contributed by atoms with Gasteiger partial charge in [0.25, 0.3) is 0 Å². The van der Waals surface area contributed by atoms with E-state index in [1.165, 1.54) is 64.3 Å². The molecule has 0 aromatic rings. The van der Waals surface area contributed by atoms with Crippen LogP contribution in [0.3, 0.4) is 0 Å². The monoisotopic (exact) mass is 209 g/mol. The molecule has 2 aliphatic carbocycles. The second-order valence-electron chi connectivity index (χ2n) is 5.88. The van der Waals surface area contributed by atoms with Gasteiger partial charge in [0.15, 0.2) is 0 Å². The summed E-state index contributed by atoms with van der Waals surface area (Å²) in [6.07, 6.45) is 13.3. The fourth-order valence-electron chi connectivity index (χ4n) is 3.06. The normalized spacial score (nSPS) is 26.2. The van der Waals surface area contributed by atoms with Gasteiger partial charge in [-0.3, -0.25) is 0 Å². The third-order valence-corrected chi connectivity index (χ3v) is 4.32. The molecule has 2 saturated carbocycles. The first-order valence-electron chi connectivity index (χ1n) is 7.08. The molecule has 2 rings (SSSR count). The summed E-state index contributed by atoms with van der Waals surface area (Å²) >= 11 is 0. The quantitative estimate of drug-likeness (QED) is 0.727. The van der Waals surface area contributed by atoms with Gasteiger partial charge in [-0.1, -0.05) is 45.4 Å². The molecule has 1 heteroatoms. The Morgan fingerprint density at radius 2 is 1.73 bits per heavy atom. The van der Waals surface area contributed by atoms with Crippen molar-refractivity contribution in [3.63, 3.8) is 0 Å². The minimum atomic E-state index is 0.874. The highest BCUT2D eigenvalue weighted by Crippen LogP contribution is 2.29. The fourth-order valence-corrected chi connectivity index (χ4v) is 3.06. The molecule has 2 aliphatic rings. The summed E-state index contributed by atoms with van der Waals surface area (Å²) in [5.74, 6) is 1.95. The third kappa shape index (κ3) is 3.79. The standard InChI is InChI=1S/C14H27N/c1-12(11-15-14-8-5-9-14)10-13-6-3-2-4-7-13/h12-15H,2-11H2,1H3. The number of nitrogens with one attached hydrogen (secondary N) is 1. The van der Waals surface area contributed by atoms with Gasteiger partial charge < -0.3 is 5.32 Å². The Kier molecular flexibility index (Phi) is 4.49. The summed E-state index contributed by atoms with van der Waals surface area (Å²) in [5.41, 5.74) is 0. The van der Waals surface area contributed by atoms with E-state index in [9.17, 15) is 0 Å². The zero-order chi connectivity index (χ0) is 10.5. The molecule has 1 N–H and O–H groups in total. The molecule has 0 bridgehead atoms. The van der Waals surface area contributed by atoms with Crippen LogP contribution in [0.15, 0.2) is 0 Å². The van der Waals surface area contributed by atoms with Crippen LogP contribution >= 0.6 is 0 Å². The predicted octanol–water partition coefficient (Wildman–Crippen LogP) is 3.74. The summed E-state index contributed by atoms with van der Waals surface area (Å²) in [7, 11) is 0. The van der Waals surface area contributed by atoms with Crippen molar-refractivity contribution in [3.05, 3.63) is 0 Å². The van der Waals surface area contributed by atoms with Crippen molar-refractivity contribution in [1.82, 2.24) is 5.32 Å². The van der Waals surface area contributed by atoms with Crippen LogP contribution in [-0.4, -0.2) is 12.6 Å². The predicted molar refractivity (Wildman–Crippen MR) is 66.0 cm³/mol. The summed E-state index contributed by atoms with van der Waals surface area (Å²) in [6, 6.07) is 0.874. The first-order valence-corrected chi connectivity index (χ1v) is 7.08. The van der Waals surface area contributed by atoms with Crippen molar-refractivity contribution in [2.75, 3.05) is 6.54 Å². The van der Waals surface area contributed by atoms with Gasteiger partial charge in [0, 0.05) is 6.04 Å². The maximum absolute atomic E-state index is 3.71. The summed E-state index contributed by atoms with van der Waals surface area (Å²) < 4.78 is 0. The smallest absolute Gasteiger partial charge is 0.00671 e. The van der Waals surface area contributed by atoms with Crippen LogP contribution in [0.25, 0.3) is 0 Å². The van der Waals surface area contributed by atoms with Crippen LogP contribution in [0.2, 0.25) is 0 Å². The topological polar surface area (TPSA) is 12.0 Å². The molecule has 2 fully saturated rings. The minimum Gasteiger partial charge on any atom is -0.314 e. The van der Waals surface area contributed by atoms with Crippen molar-refractivity contribution in [3.8, 4) is 0 Å². The Labute approximate surface area is 95.0 Å². The molecule has 0 heterocycles. The number of hydrogen-bond donors (Lipinski definition) is 1. The van der Waals surface area contributed by atoms with Crippen LogP contribution in [0.5, 0.6) is 0 Å². The van der Waals surface area contributed by atoms with Gasteiger partial charge in [0.1, 0.15) is 0 Å². The average molecular weight is 209 g/mol. The van der Waals surface area contributed by atoms with E-state index in [4.69, 9.17) is 0 Å². The molecule has 0 spiro atoms. The Morgan fingerprint density at radius 3 is 2.33 bits per heavy atom. The summed E-state index contributed by atoms with van der Waals surface area (Å²) in [6.45, 7) is 3.70. The lowest BCUT2D eigenvalue weighted by molar-refractivity contribution is 0.268. The molecule has 15 heavy (non-hydrogen) atoms. The Balaban J connectivity index is 1.56. The molecule has 1 atom stereocenters. The van der Waals surface area contributed by atoms with Crippen molar-refractivity contribution in [2.24, 2.45) is 11.8 Å². The molecule has 0 aliphatic heterocycles. The van der Waals surface area contributed by atoms with Crippen molar-refractivity contribution in [2.45, 2.75) is 70.8 Å². The van der Waals surface area contributed by atoms with Crippen LogP contribution in [-0.2, 0) is 0 Å². The zero-order valence-corrected chi connectivity index (χ0v) is 10.3. The SMILES string of the molecule is CC(CNC1CCC1)CC1CCCCC1. The highest BCUT2D eigenvalue weighted by atomic mass is 14.9. The largest absolute Gasteiger partial charge is 0.314 e. The minimum absolute atomic E-state index is 0.874. The molecule has 0 amide bonds. The van der Waals surface area contributed by atoms with Gasteiger partial charge in [0.05, 0.1) is 0 Å². The van der Waals surface area contributed by atoms with Gasteiger partial charge in [0.2, 0.25) is 0 Å². The number of rotatable bonds is 5. The van der Waals surface area contributed by atoms with Crippen LogP contribution < -0.4 is 5.32 Å². The lowest BCUT2D eigenvalue weighted by Crippen LogP contribution is -2.38. The molecular weight excluding hydrogens is 182 g/mol.